The van der Waals surface area contributed by atoms with Gasteiger partial charge in [0.15, 0.2) is 0 Å². The summed E-state index contributed by atoms with van der Waals surface area (Å²) in [6, 6.07) is 4.85. The van der Waals surface area contributed by atoms with Crippen molar-refractivity contribution in [1.29, 1.82) is 5.41 Å². The van der Waals surface area contributed by atoms with Crippen LogP contribution in [-0.2, 0) is 11.3 Å². The van der Waals surface area contributed by atoms with E-state index in [0.29, 0.717) is 23.6 Å². The fraction of sp³-hybridized carbons (Fsp3) is 0.421. The Morgan fingerprint density at radius 2 is 2.10 bits per heavy atom. The summed E-state index contributed by atoms with van der Waals surface area (Å²) >= 11 is 1.60. The van der Waals surface area contributed by atoms with Gasteiger partial charge in [-0.3, -0.25) is 15.1 Å². The van der Waals surface area contributed by atoms with E-state index in [-0.39, 0.29) is 24.0 Å². The maximum atomic E-state index is 13.1. The topological polar surface area (TPSA) is 123 Å². The number of piperidine rings is 1. The minimum absolute atomic E-state index is 0.0542. The molecule has 156 valence electrons. The number of rotatable bonds is 5. The highest BCUT2D eigenvalue weighted by molar-refractivity contribution is 7.98. The van der Waals surface area contributed by atoms with Crippen LogP contribution in [0.3, 0.4) is 0 Å². The Morgan fingerprint density at radius 1 is 1.41 bits per heavy atom. The summed E-state index contributed by atoms with van der Waals surface area (Å²) in [5, 5.41) is 21.2. The van der Waals surface area contributed by atoms with Crippen LogP contribution in [0.4, 0.5) is 9.18 Å². The van der Waals surface area contributed by atoms with Gasteiger partial charge >= 0.3 is 6.03 Å². The lowest BCUT2D eigenvalue weighted by atomic mass is 9.91. The molecule has 1 aromatic rings. The lowest BCUT2D eigenvalue weighted by Crippen LogP contribution is -2.61. The number of carbonyl (C=O) groups excluding carboxylic acids is 2. The van der Waals surface area contributed by atoms with E-state index < -0.39 is 24.0 Å². The minimum Gasteiger partial charge on any atom is -0.382 e. The van der Waals surface area contributed by atoms with Crippen molar-refractivity contribution in [2.24, 2.45) is 11.7 Å². The Morgan fingerprint density at radius 3 is 2.72 bits per heavy atom. The summed E-state index contributed by atoms with van der Waals surface area (Å²) in [4.78, 5) is 27.9. The van der Waals surface area contributed by atoms with Crippen molar-refractivity contribution in [2.45, 2.75) is 25.6 Å². The number of thioether (sulfide) groups is 1. The molecule has 0 aliphatic carbocycles. The summed E-state index contributed by atoms with van der Waals surface area (Å²) < 4.78 is 13.1. The maximum absolute atomic E-state index is 13.1. The zero-order valence-electron chi connectivity index (χ0n) is 16.0. The van der Waals surface area contributed by atoms with Gasteiger partial charge in [0, 0.05) is 24.8 Å². The molecule has 2 unspecified atom stereocenters. The van der Waals surface area contributed by atoms with E-state index in [1.54, 1.807) is 11.8 Å². The van der Waals surface area contributed by atoms with E-state index in [2.05, 4.69) is 5.32 Å². The molecule has 5 N–H and O–H groups in total. The molecule has 1 aromatic carbocycles. The van der Waals surface area contributed by atoms with Gasteiger partial charge in [0.2, 0.25) is 6.23 Å². The van der Waals surface area contributed by atoms with Crippen LogP contribution in [0.2, 0.25) is 0 Å². The van der Waals surface area contributed by atoms with Gasteiger partial charge in [-0.05, 0) is 36.8 Å². The number of fused-ring (bicyclic) bond motifs is 1. The molecule has 0 saturated carbocycles. The van der Waals surface area contributed by atoms with Crippen molar-refractivity contribution in [3.8, 4) is 0 Å². The number of nitrogens with two attached hydrogens (primary N) is 1. The minimum atomic E-state index is -1.76. The highest BCUT2D eigenvalue weighted by Crippen LogP contribution is 2.37. The first-order valence-corrected chi connectivity index (χ1v) is 10.6. The van der Waals surface area contributed by atoms with Crippen molar-refractivity contribution in [1.82, 2.24) is 15.1 Å². The normalized spacial score (nSPS) is 21.8. The fourth-order valence-corrected chi connectivity index (χ4v) is 4.45. The highest BCUT2D eigenvalue weighted by Gasteiger charge is 2.46. The zero-order valence-corrected chi connectivity index (χ0v) is 16.8. The van der Waals surface area contributed by atoms with Crippen molar-refractivity contribution < 1.29 is 19.1 Å². The van der Waals surface area contributed by atoms with Gasteiger partial charge in [0.25, 0.3) is 5.91 Å². The van der Waals surface area contributed by atoms with E-state index in [9.17, 15) is 19.1 Å². The third kappa shape index (κ3) is 4.23. The van der Waals surface area contributed by atoms with Crippen molar-refractivity contribution >= 4 is 29.5 Å². The molecule has 10 heteroatoms. The Hall–Kier alpha value is -2.59. The number of hydrogen-bond acceptors (Lipinski definition) is 5. The van der Waals surface area contributed by atoms with Crippen LogP contribution in [0.15, 0.2) is 35.7 Å². The molecule has 3 rings (SSSR count). The van der Waals surface area contributed by atoms with Crippen molar-refractivity contribution in [2.75, 3.05) is 18.6 Å². The molecule has 2 heterocycles. The number of allylic oxidation sites excluding steroid dienone is 1. The number of nitrogens with one attached hydrogen (secondary N) is 2. The quantitative estimate of drug-likeness (QED) is 0.423. The number of aliphatic hydroxyl groups excluding tert-OH is 1. The van der Waals surface area contributed by atoms with Crippen LogP contribution in [0.25, 0.3) is 0 Å². The van der Waals surface area contributed by atoms with E-state index in [4.69, 9.17) is 11.1 Å². The van der Waals surface area contributed by atoms with Gasteiger partial charge in [0.05, 0.1) is 5.70 Å². The molecule has 1 saturated heterocycles. The van der Waals surface area contributed by atoms with Crippen LogP contribution in [0.5, 0.6) is 0 Å². The van der Waals surface area contributed by atoms with E-state index in [1.807, 2.05) is 6.26 Å². The predicted octanol–water partition coefficient (Wildman–Crippen LogP) is 1.42. The van der Waals surface area contributed by atoms with Crippen molar-refractivity contribution in [3.63, 3.8) is 0 Å². The molecule has 0 aromatic heterocycles. The maximum Gasteiger partial charge on any atom is 0.324 e. The summed E-state index contributed by atoms with van der Waals surface area (Å²) in [6.45, 7) is 0.479. The molecule has 29 heavy (non-hydrogen) atoms. The first kappa shape index (κ1) is 21.1. The van der Waals surface area contributed by atoms with Crippen molar-refractivity contribution in [3.05, 3.63) is 47.0 Å². The molecular weight excluding hydrogens is 397 g/mol. The Bertz CT molecular complexity index is 843. The van der Waals surface area contributed by atoms with Crippen LogP contribution in [0.1, 0.15) is 18.4 Å². The predicted molar refractivity (Wildman–Crippen MR) is 108 cm³/mol. The number of halogens is 1. The molecule has 0 spiro atoms. The average molecular weight is 421 g/mol. The molecule has 0 radical (unpaired) electrons. The SMILES string of the molecule is CSCC1CCCN2C(=O)C(O)N(C(=O)NCc3ccc(F)cc3)C(C(=N)N)=C12. The largest absolute Gasteiger partial charge is 0.382 e. The first-order chi connectivity index (χ1) is 13.8. The van der Waals surface area contributed by atoms with Crippen LogP contribution >= 0.6 is 11.8 Å². The second-order valence-electron chi connectivity index (χ2n) is 6.96. The number of urea groups is 1. The first-order valence-electron chi connectivity index (χ1n) is 9.23. The van der Waals surface area contributed by atoms with Gasteiger partial charge < -0.3 is 21.1 Å². The number of amides is 3. The molecule has 2 aliphatic heterocycles. The lowest BCUT2D eigenvalue weighted by molar-refractivity contribution is -0.148. The number of amidine groups is 1. The molecule has 3 amide bonds. The number of nitrogens with zero attached hydrogens (tertiary/aromatic N) is 2. The van der Waals surface area contributed by atoms with E-state index in [1.165, 1.54) is 29.2 Å². The van der Waals surface area contributed by atoms with Gasteiger partial charge in [-0.25, -0.2) is 9.18 Å². The second kappa shape index (κ2) is 8.83. The highest BCUT2D eigenvalue weighted by atomic mass is 32.2. The third-order valence-electron chi connectivity index (χ3n) is 5.03. The smallest absolute Gasteiger partial charge is 0.324 e. The number of benzene rings is 1. The summed E-state index contributed by atoms with van der Waals surface area (Å²) in [6.07, 6.45) is 1.76. The van der Waals surface area contributed by atoms with Crippen LogP contribution in [0, 0.1) is 17.1 Å². The summed E-state index contributed by atoms with van der Waals surface area (Å²) in [7, 11) is 0. The summed E-state index contributed by atoms with van der Waals surface area (Å²) in [5.74, 6) is -0.731. The molecule has 1 fully saturated rings. The molecule has 2 aliphatic rings. The van der Waals surface area contributed by atoms with Gasteiger partial charge in [0.1, 0.15) is 17.3 Å². The second-order valence-corrected chi connectivity index (χ2v) is 7.87. The molecular formula is C19H24FN5O3S. The van der Waals surface area contributed by atoms with Gasteiger partial charge in [-0.15, -0.1) is 0 Å². The third-order valence-corrected chi connectivity index (χ3v) is 5.76. The molecule has 0 bridgehead atoms. The zero-order chi connectivity index (χ0) is 21.1. The standard InChI is InChI=1S/C19H24FN5O3S/c1-29-10-12-3-2-8-24-14(12)15(16(21)22)25(18(27)17(24)26)19(28)23-9-11-4-6-13(20)7-5-11/h4-7,12,18,27H,2-3,8-10H2,1H3,(H3,21,22)(H,23,28). The Balaban J connectivity index is 1.93. The van der Waals surface area contributed by atoms with Gasteiger partial charge in [-0.2, -0.15) is 11.8 Å². The van der Waals surface area contributed by atoms with Crippen LogP contribution in [-0.4, -0.2) is 57.5 Å². The molecule has 2 atom stereocenters. The van der Waals surface area contributed by atoms with E-state index >= 15 is 0 Å². The number of hydrogen-bond donors (Lipinski definition) is 4. The monoisotopic (exact) mass is 421 g/mol. The summed E-state index contributed by atoms with van der Waals surface area (Å²) in [5.41, 5.74) is 7.03. The number of carbonyl (C=O) groups is 2. The van der Waals surface area contributed by atoms with E-state index in [0.717, 1.165) is 17.7 Å². The Kier molecular flexibility index (Phi) is 6.43. The lowest BCUT2D eigenvalue weighted by Gasteiger charge is -2.45. The molecule has 8 nitrogen and oxygen atoms in total. The Labute approximate surface area is 172 Å². The number of aliphatic hydroxyl groups is 1. The fourth-order valence-electron chi connectivity index (χ4n) is 3.73. The van der Waals surface area contributed by atoms with Gasteiger partial charge in [-0.1, -0.05) is 12.1 Å². The average Bonchev–Trinajstić information content (AvgIpc) is 2.70. The van der Waals surface area contributed by atoms with Crippen LogP contribution < -0.4 is 11.1 Å².